The number of fused-ring (bicyclic) bond motifs is 1. The molecule has 0 fully saturated rings. The van der Waals surface area contributed by atoms with Crippen LogP contribution >= 0.6 is 0 Å². The van der Waals surface area contributed by atoms with Gasteiger partial charge in [0.2, 0.25) is 0 Å². The first kappa shape index (κ1) is 27.3. The van der Waals surface area contributed by atoms with Crippen LogP contribution in [0.5, 0.6) is 0 Å². The lowest BCUT2D eigenvalue weighted by Gasteiger charge is -2.10. The van der Waals surface area contributed by atoms with Crippen LogP contribution < -0.4 is 0 Å². The normalized spacial score (nSPS) is 12.0. The predicted molar refractivity (Wildman–Crippen MR) is 153 cm³/mol. The summed E-state index contributed by atoms with van der Waals surface area (Å²) >= 11 is 0. The highest BCUT2D eigenvalue weighted by molar-refractivity contribution is 5.88. The zero-order valence-corrected chi connectivity index (χ0v) is 21.8. The van der Waals surface area contributed by atoms with Gasteiger partial charge in [-0.2, -0.15) is 26.3 Å². The van der Waals surface area contributed by atoms with Crippen LogP contribution in [0, 0.1) is 0 Å². The van der Waals surface area contributed by atoms with Gasteiger partial charge in [-0.1, -0.05) is 84.9 Å². The van der Waals surface area contributed by atoms with Crippen molar-refractivity contribution in [3.05, 3.63) is 139 Å². The van der Waals surface area contributed by atoms with E-state index in [2.05, 4.69) is 4.98 Å². The number of nitrogens with zero attached hydrogens (tertiary/aromatic N) is 1. The molecule has 0 amide bonds. The van der Waals surface area contributed by atoms with Gasteiger partial charge in [-0.25, -0.2) is 0 Å². The molecule has 0 aliphatic rings. The van der Waals surface area contributed by atoms with Gasteiger partial charge in [-0.3, -0.25) is 4.98 Å². The van der Waals surface area contributed by atoms with Gasteiger partial charge in [-0.15, -0.1) is 0 Å². The number of halogens is 6. The summed E-state index contributed by atoms with van der Waals surface area (Å²) in [5.41, 5.74) is 6.26. The van der Waals surface area contributed by atoms with Gasteiger partial charge in [0.25, 0.3) is 0 Å². The van der Waals surface area contributed by atoms with Gasteiger partial charge in [0, 0.05) is 17.1 Å². The summed E-state index contributed by atoms with van der Waals surface area (Å²) in [5.74, 6) is 0. The Bertz CT molecular complexity index is 1710. The minimum absolute atomic E-state index is 0.676. The average Bonchev–Trinajstić information content (AvgIpc) is 3.00. The minimum atomic E-state index is -4.37. The number of rotatable bonds is 4. The van der Waals surface area contributed by atoms with Crippen molar-refractivity contribution < 1.29 is 26.3 Å². The third-order valence-corrected chi connectivity index (χ3v) is 7.21. The van der Waals surface area contributed by atoms with Gasteiger partial charge < -0.3 is 0 Å². The maximum Gasteiger partial charge on any atom is 0.416 e. The summed E-state index contributed by atoms with van der Waals surface area (Å²) in [6.07, 6.45) is -6.95. The van der Waals surface area contributed by atoms with Crippen molar-refractivity contribution in [1.29, 1.82) is 0 Å². The van der Waals surface area contributed by atoms with E-state index in [4.69, 9.17) is 0 Å². The van der Waals surface area contributed by atoms with Crippen LogP contribution in [0.2, 0.25) is 0 Å². The Hall–Kier alpha value is -4.91. The molecule has 0 radical (unpaired) electrons. The molecule has 6 aromatic rings. The molecule has 6 rings (SSSR count). The molecule has 0 aliphatic heterocycles. The van der Waals surface area contributed by atoms with Crippen LogP contribution in [0.1, 0.15) is 11.1 Å². The second-order valence-corrected chi connectivity index (χ2v) is 9.94. The van der Waals surface area contributed by atoms with E-state index in [1.54, 1.807) is 6.20 Å². The van der Waals surface area contributed by atoms with Crippen molar-refractivity contribution >= 4 is 10.9 Å². The van der Waals surface area contributed by atoms with E-state index < -0.39 is 23.5 Å². The third kappa shape index (κ3) is 5.63. The first-order valence-electron chi connectivity index (χ1n) is 13.0. The van der Waals surface area contributed by atoms with Gasteiger partial charge in [0.05, 0.1) is 16.6 Å². The van der Waals surface area contributed by atoms with Gasteiger partial charge in [-0.05, 0) is 75.3 Å². The van der Waals surface area contributed by atoms with Crippen molar-refractivity contribution in [2.75, 3.05) is 0 Å². The molecule has 0 saturated carbocycles. The van der Waals surface area contributed by atoms with Crippen LogP contribution in [0.15, 0.2) is 128 Å². The summed E-state index contributed by atoms with van der Waals surface area (Å²) in [6.45, 7) is 0. The van der Waals surface area contributed by atoms with E-state index in [0.29, 0.717) is 11.1 Å². The molecule has 0 bridgehead atoms. The molecule has 0 saturated heterocycles. The maximum atomic E-state index is 12.9. The molecule has 0 N–H and O–H groups in total. The summed E-state index contributed by atoms with van der Waals surface area (Å²) in [4.78, 5) is 4.65. The van der Waals surface area contributed by atoms with E-state index >= 15 is 0 Å². The molecule has 0 aliphatic carbocycles. The minimum Gasteiger partial charge on any atom is -0.256 e. The lowest BCUT2D eigenvalue weighted by atomic mass is 9.97. The fourth-order valence-electron chi connectivity index (χ4n) is 4.87. The van der Waals surface area contributed by atoms with Crippen molar-refractivity contribution in [2.24, 2.45) is 0 Å². The summed E-state index contributed by atoms with van der Waals surface area (Å²) < 4.78 is 77.2. The average molecular weight is 570 g/mol. The topological polar surface area (TPSA) is 12.9 Å². The molecule has 7 heteroatoms. The van der Waals surface area contributed by atoms with Gasteiger partial charge in [0.15, 0.2) is 0 Å². The molecule has 42 heavy (non-hydrogen) atoms. The second-order valence-electron chi connectivity index (χ2n) is 9.94. The summed E-state index contributed by atoms with van der Waals surface area (Å²) in [6, 6.07) is 33.4. The quantitative estimate of drug-likeness (QED) is 0.193. The molecule has 1 aromatic heterocycles. The number of hydrogen-bond donors (Lipinski definition) is 0. The highest BCUT2D eigenvalue weighted by Crippen LogP contribution is 2.34. The third-order valence-electron chi connectivity index (χ3n) is 7.21. The van der Waals surface area contributed by atoms with Crippen molar-refractivity contribution in [2.45, 2.75) is 12.4 Å². The highest BCUT2D eigenvalue weighted by Gasteiger charge is 2.30. The Kier molecular flexibility index (Phi) is 6.81. The molecular weight excluding hydrogens is 548 g/mol. The summed E-state index contributed by atoms with van der Waals surface area (Å²) in [7, 11) is 0. The fourth-order valence-corrected chi connectivity index (χ4v) is 4.87. The fraction of sp³-hybridized carbons (Fsp3) is 0.0571. The maximum absolute atomic E-state index is 12.9. The lowest BCUT2D eigenvalue weighted by Crippen LogP contribution is -2.03. The van der Waals surface area contributed by atoms with Crippen LogP contribution in [0.4, 0.5) is 26.3 Å². The molecule has 0 spiro atoms. The van der Waals surface area contributed by atoms with E-state index in [1.165, 1.54) is 24.3 Å². The van der Waals surface area contributed by atoms with Crippen molar-refractivity contribution in [3.63, 3.8) is 0 Å². The Morgan fingerprint density at radius 2 is 0.690 bits per heavy atom. The highest BCUT2D eigenvalue weighted by atomic mass is 19.4. The van der Waals surface area contributed by atoms with Gasteiger partial charge in [0.1, 0.15) is 0 Å². The molecule has 5 aromatic carbocycles. The molecule has 1 nitrogen and oxygen atoms in total. The van der Waals surface area contributed by atoms with Crippen LogP contribution in [-0.4, -0.2) is 4.98 Å². The van der Waals surface area contributed by atoms with Gasteiger partial charge >= 0.3 is 12.4 Å². The van der Waals surface area contributed by atoms with E-state index in [9.17, 15) is 26.3 Å². The molecule has 0 atom stereocenters. The summed E-state index contributed by atoms with van der Waals surface area (Å²) in [5, 5.41) is 0.949. The van der Waals surface area contributed by atoms with Crippen molar-refractivity contribution in [3.8, 4) is 44.5 Å². The lowest BCUT2D eigenvalue weighted by molar-refractivity contribution is -0.138. The van der Waals surface area contributed by atoms with Crippen LogP contribution in [0.3, 0.4) is 0 Å². The SMILES string of the molecule is FC(F)(F)c1ccc(-c2ccc(-c3cnc4cc(-c5ccc(-c6ccc(C(F)(F)F)cc6)cc5)ccc4c3)cc2)cc1. The Morgan fingerprint density at radius 1 is 0.357 bits per heavy atom. The first-order chi connectivity index (χ1) is 20.0. The largest absolute Gasteiger partial charge is 0.416 e. The number of benzene rings is 5. The molecule has 0 unspecified atom stereocenters. The number of pyridine rings is 1. The number of hydrogen-bond acceptors (Lipinski definition) is 1. The standard InChI is InChI=1S/C35H21F6N/c36-34(37,38)31-15-11-24(12-16-31)22-1-5-26(6-2-22)28-9-10-29-19-30(21-42-33(29)20-28)27-7-3-23(4-8-27)25-13-17-32(18-14-25)35(39,40)41/h1-21H. The van der Waals surface area contributed by atoms with Crippen LogP contribution in [-0.2, 0) is 12.4 Å². The zero-order valence-electron chi connectivity index (χ0n) is 21.8. The van der Waals surface area contributed by atoms with E-state index in [-0.39, 0.29) is 0 Å². The van der Waals surface area contributed by atoms with Crippen LogP contribution in [0.25, 0.3) is 55.4 Å². The second kappa shape index (κ2) is 10.5. The predicted octanol–water partition coefficient (Wildman–Crippen LogP) is 10.9. The Morgan fingerprint density at radius 3 is 1.10 bits per heavy atom. The molecular formula is C35H21F6N. The Balaban J connectivity index is 1.19. The number of alkyl halides is 6. The zero-order chi connectivity index (χ0) is 29.5. The smallest absolute Gasteiger partial charge is 0.256 e. The van der Waals surface area contributed by atoms with Crippen molar-refractivity contribution in [1.82, 2.24) is 4.98 Å². The molecule has 1 heterocycles. The van der Waals surface area contributed by atoms with E-state index in [1.807, 2.05) is 72.8 Å². The molecule has 208 valence electrons. The Labute approximate surface area is 237 Å². The van der Waals surface area contributed by atoms with E-state index in [0.717, 1.165) is 68.5 Å². The monoisotopic (exact) mass is 569 g/mol. The first-order valence-corrected chi connectivity index (χ1v) is 13.0. The number of aromatic nitrogens is 1.